The molecule has 0 amide bonds. The summed E-state index contributed by atoms with van der Waals surface area (Å²) >= 11 is 7.67. The quantitative estimate of drug-likeness (QED) is 0.849. The van der Waals surface area contributed by atoms with Crippen LogP contribution in [0.4, 0.5) is 0 Å². The molecule has 0 unspecified atom stereocenters. The zero-order chi connectivity index (χ0) is 13.5. The molecular weight excluding hydrogens is 311 g/mol. The highest BCUT2D eigenvalue weighted by Crippen LogP contribution is 2.40. The Bertz CT molecular complexity index is 586. The topological polar surface area (TPSA) is 38.9 Å². The molecule has 0 bridgehead atoms. The molecule has 1 saturated carbocycles. The Labute approximate surface area is 134 Å². The van der Waals surface area contributed by atoms with Crippen molar-refractivity contribution in [2.24, 2.45) is 5.73 Å². The lowest BCUT2D eigenvalue weighted by atomic mass is 10.0. The highest BCUT2D eigenvalue weighted by Gasteiger charge is 2.34. The average molecular weight is 329 g/mol. The number of halogens is 2. The van der Waals surface area contributed by atoms with Crippen LogP contribution in [0.2, 0.25) is 5.02 Å². The molecule has 2 N–H and O–H groups in total. The van der Waals surface area contributed by atoms with E-state index in [0.717, 1.165) is 34.1 Å². The molecule has 20 heavy (non-hydrogen) atoms. The molecule has 2 nitrogen and oxygen atoms in total. The second kappa shape index (κ2) is 6.02. The highest BCUT2D eigenvalue weighted by molar-refractivity contribution is 7.12. The molecule has 1 aromatic heterocycles. The van der Waals surface area contributed by atoms with Crippen molar-refractivity contribution >= 4 is 35.3 Å². The van der Waals surface area contributed by atoms with Gasteiger partial charge < -0.3 is 5.73 Å². The molecule has 108 valence electrons. The van der Waals surface area contributed by atoms with Crippen molar-refractivity contribution in [3.8, 4) is 11.3 Å². The van der Waals surface area contributed by atoms with Crippen LogP contribution in [0.3, 0.4) is 0 Å². The summed E-state index contributed by atoms with van der Waals surface area (Å²) in [6, 6.07) is 7.85. The van der Waals surface area contributed by atoms with E-state index in [0.29, 0.717) is 0 Å². The van der Waals surface area contributed by atoms with Crippen LogP contribution in [0, 0.1) is 6.92 Å². The maximum atomic E-state index is 6.49. The molecule has 0 radical (unpaired) electrons. The van der Waals surface area contributed by atoms with Gasteiger partial charge in [0.2, 0.25) is 0 Å². The van der Waals surface area contributed by atoms with E-state index < -0.39 is 0 Å². The molecule has 1 aliphatic rings. The largest absolute Gasteiger partial charge is 0.319 e. The van der Waals surface area contributed by atoms with Crippen molar-refractivity contribution in [3.05, 3.63) is 39.2 Å². The van der Waals surface area contributed by atoms with E-state index in [1.54, 1.807) is 11.3 Å². The van der Waals surface area contributed by atoms with Crippen LogP contribution in [0.1, 0.15) is 35.6 Å². The Morgan fingerprint density at radius 3 is 2.40 bits per heavy atom. The van der Waals surface area contributed by atoms with Crippen LogP contribution in [0.25, 0.3) is 11.3 Å². The summed E-state index contributed by atoms with van der Waals surface area (Å²) < 4.78 is 0. The zero-order valence-electron chi connectivity index (χ0n) is 11.4. The lowest BCUT2D eigenvalue weighted by Gasteiger charge is -2.19. The van der Waals surface area contributed by atoms with Gasteiger partial charge in [0.15, 0.2) is 0 Å². The van der Waals surface area contributed by atoms with Crippen molar-refractivity contribution in [2.45, 2.75) is 38.1 Å². The zero-order valence-corrected chi connectivity index (χ0v) is 13.7. The molecule has 0 aliphatic heterocycles. The van der Waals surface area contributed by atoms with Crippen molar-refractivity contribution in [3.63, 3.8) is 0 Å². The number of benzene rings is 1. The SMILES string of the molecule is Cc1sc(C2(N)CCCC2)nc1-c1ccc(Cl)cc1.Cl. The summed E-state index contributed by atoms with van der Waals surface area (Å²) in [4.78, 5) is 6.04. The van der Waals surface area contributed by atoms with E-state index in [9.17, 15) is 0 Å². The van der Waals surface area contributed by atoms with E-state index in [2.05, 4.69) is 6.92 Å². The van der Waals surface area contributed by atoms with Crippen molar-refractivity contribution in [1.29, 1.82) is 0 Å². The third-order valence-electron chi connectivity index (χ3n) is 3.84. The first-order valence-electron chi connectivity index (χ1n) is 6.61. The summed E-state index contributed by atoms with van der Waals surface area (Å²) in [7, 11) is 0. The predicted octanol–water partition coefficient (Wildman–Crippen LogP) is 4.92. The van der Waals surface area contributed by atoms with Gasteiger partial charge in [0.1, 0.15) is 5.01 Å². The number of rotatable bonds is 2. The second-order valence-electron chi connectivity index (χ2n) is 5.29. The molecule has 1 fully saturated rings. The van der Waals surface area contributed by atoms with Gasteiger partial charge in [-0.05, 0) is 31.9 Å². The summed E-state index contributed by atoms with van der Waals surface area (Å²) in [5.74, 6) is 0. The van der Waals surface area contributed by atoms with Crippen LogP contribution in [0.5, 0.6) is 0 Å². The fourth-order valence-electron chi connectivity index (χ4n) is 2.70. The lowest BCUT2D eigenvalue weighted by Crippen LogP contribution is -2.32. The number of hydrogen-bond donors (Lipinski definition) is 1. The molecule has 0 atom stereocenters. The Morgan fingerprint density at radius 2 is 1.80 bits per heavy atom. The normalized spacial score (nSPS) is 16.9. The predicted molar refractivity (Wildman–Crippen MR) is 88.9 cm³/mol. The first-order valence-corrected chi connectivity index (χ1v) is 7.81. The standard InChI is InChI=1S/C15H17ClN2S.ClH/c1-10-13(11-4-6-12(16)7-5-11)18-14(19-10)15(17)8-2-3-9-15;/h4-7H,2-3,8-9,17H2,1H3;1H. The Balaban J connectivity index is 0.00000147. The third kappa shape index (κ3) is 2.86. The smallest absolute Gasteiger partial charge is 0.113 e. The summed E-state index contributed by atoms with van der Waals surface area (Å²) in [5, 5.41) is 1.84. The van der Waals surface area contributed by atoms with Gasteiger partial charge in [0, 0.05) is 15.5 Å². The Kier molecular flexibility index (Phi) is 4.75. The minimum absolute atomic E-state index is 0. The fraction of sp³-hybridized carbons (Fsp3) is 0.400. The monoisotopic (exact) mass is 328 g/mol. The van der Waals surface area contributed by atoms with Gasteiger partial charge in [-0.15, -0.1) is 23.7 Å². The molecule has 0 spiro atoms. The molecule has 1 heterocycles. The van der Waals surface area contributed by atoms with Gasteiger partial charge in [-0.3, -0.25) is 0 Å². The Morgan fingerprint density at radius 1 is 1.20 bits per heavy atom. The Hall–Kier alpha value is -0.610. The second-order valence-corrected chi connectivity index (χ2v) is 6.93. The van der Waals surface area contributed by atoms with Gasteiger partial charge in [-0.2, -0.15) is 0 Å². The van der Waals surface area contributed by atoms with Crippen molar-refractivity contribution in [2.75, 3.05) is 0 Å². The average Bonchev–Trinajstić information content (AvgIpc) is 2.98. The van der Waals surface area contributed by atoms with Crippen LogP contribution < -0.4 is 5.73 Å². The number of thiazole rings is 1. The molecule has 3 rings (SSSR count). The van der Waals surface area contributed by atoms with Crippen LogP contribution >= 0.6 is 35.3 Å². The summed E-state index contributed by atoms with van der Waals surface area (Å²) in [5.41, 5.74) is 8.46. The third-order valence-corrected chi connectivity index (χ3v) is 5.28. The first kappa shape index (κ1) is 15.8. The van der Waals surface area contributed by atoms with E-state index in [1.807, 2.05) is 24.3 Å². The number of nitrogens with zero attached hydrogens (tertiary/aromatic N) is 1. The van der Waals surface area contributed by atoms with Gasteiger partial charge in [-0.1, -0.05) is 36.6 Å². The van der Waals surface area contributed by atoms with E-state index in [-0.39, 0.29) is 17.9 Å². The first-order chi connectivity index (χ1) is 9.08. The van der Waals surface area contributed by atoms with Crippen LogP contribution in [0.15, 0.2) is 24.3 Å². The van der Waals surface area contributed by atoms with Gasteiger partial charge in [0.05, 0.1) is 11.2 Å². The lowest BCUT2D eigenvalue weighted by molar-refractivity contribution is 0.459. The maximum absolute atomic E-state index is 6.49. The summed E-state index contributed by atoms with van der Waals surface area (Å²) in [6.45, 7) is 2.11. The van der Waals surface area contributed by atoms with Crippen LogP contribution in [-0.4, -0.2) is 4.98 Å². The number of nitrogens with two attached hydrogens (primary N) is 1. The number of hydrogen-bond acceptors (Lipinski definition) is 3. The molecule has 5 heteroatoms. The van der Waals surface area contributed by atoms with Gasteiger partial charge in [0.25, 0.3) is 0 Å². The number of aryl methyl sites for hydroxylation is 1. The highest BCUT2D eigenvalue weighted by atomic mass is 35.5. The van der Waals surface area contributed by atoms with E-state index in [1.165, 1.54) is 17.7 Å². The van der Waals surface area contributed by atoms with Gasteiger partial charge in [-0.25, -0.2) is 4.98 Å². The maximum Gasteiger partial charge on any atom is 0.113 e. The fourth-order valence-corrected chi connectivity index (χ4v) is 3.93. The molecule has 2 aromatic rings. The van der Waals surface area contributed by atoms with Crippen molar-refractivity contribution < 1.29 is 0 Å². The minimum atomic E-state index is -0.194. The van der Waals surface area contributed by atoms with E-state index in [4.69, 9.17) is 22.3 Å². The van der Waals surface area contributed by atoms with Gasteiger partial charge >= 0.3 is 0 Å². The number of aromatic nitrogens is 1. The molecular formula is C15H18Cl2N2S. The van der Waals surface area contributed by atoms with Crippen molar-refractivity contribution in [1.82, 2.24) is 4.98 Å². The molecule has 1 aliphatic carbocycles. The molecule has 0 saturated heterocycles. The molecule has 1 aromatic carbocycles. The summed E-state index contributed by atoms with van der Waals surface area (Å²) in [6.07, 6.45) is 4.54. The van der Waals surface area contributed by atoms with Crippen LogP contribution in [-0.2, 0) is 5.54 Å². The minimum Gasteiger partial charge on any atom is -0.319 e. The van der Waals surface area contributed by atoms with E-state index >= 15 is 0 Å².